The van der Waals surface area contributed by atoms with Crippen molar-refractivity contribution in [1.82, 2.24) is 19.8 Å². The van der Waals surface area contributed by atoms with Gasteiger partial charge < -0.3 is 19.9 Å². The van der Waals surface area contributed by atoms with Crippen molar-refractivity contribution >= 4 is 12.0 Å². The molecule has 0 unspecified atom stereocenters. The third-order valence-corrected chi connectivity index (χ3v) is 3.14. The number of nitrogens with zero attached hydrogens (tertiary/aromatic N) is 3. The summed E-state index contributed by atoms with van der Waals surface area (Å²) in [5.74, 6) is -1.05. The molecule has 0 aliphatic carbocycles. The Balaban J connectivity index is 1.73. The van der Waals surface area contributed by atoms with E-state index in [1.54, 1.807) is 4.57 Å². The van der Waals surface area contributed by atoms with Crippen LogP contribution in [0.25, 0.3) is 0 Å². The number of aromatic carboxylic acids is 1. The quantitative estimate of drug-likeness (QED) is 0.843. The highest BCUT2D eigenvalue weighted by atomic mass is 16.4. The molecule has 0 atom stereocenters. The number of carboxylic acid groups (broad SMARTS) is 1. The van der Waals surface area contributed by atoms with Crippen molar-refractivity contribution in [1.29, 1.82) is 0 Å². The third-order valence-electron chi connectivity index (χ3n) is 3.14. The van der Waals surface area contributed by atoms with Crippen molar-refractivity contribution in [2.75, 3.05) is 19.6 Å². The number of imidazole rings is 1. The predicted molar refractivity (Wildman–Crippen MR) is 68.0 cm³/mol. The fourth-order valence-corrected chi connectivity index (χ4v) is 2.09. The zero-order valence-electron chi connectivity index (χ0n) is 10.7. The lowest BCUT2D eigenvalue weighted by molar-refractivity contribution is 0.0691. The first kappa shape index (κ1) is 13.4. The summed E-state index contributed by atoms with van der Waals surface area (Å²) in [5, 5.41) is 11.6. The Morgan fingerprint density at radius 2 is 2.05 bits per heavy atom. The Morgan fingerprint density at radius 1 is 1.32 bits per heavy atom. The minimum Gasteiger partial charge on any atom is -0.476 e. The van der Waals surface area contributed by atoms with Crippen LogP contribution in [0.3, 0.4) is 0 Å². The number of carbonyl (C=O) groups excluding carboxylic acids is 1. The Kier molecular flexibility index (Phi) is 4.38. The first-order valence-electron chi connectivity index (χ1n) is 6.44. The Hall–Kier alpha value is -2.05. The molecule has 1 fully saturated rings. The van der Waals surface area contributed by atoms with Crippen LogP contribution < -0.4 is 5.32 Å². The minimum atomic E-state index is -1.05. The largest absolute Gasteiger partial charge is 0.476 e. The lowest BCUT2D eigenvalue weighted by Crippen LogP contribution is -2.43. The van der Waals surface area contributed by atoms with Gasteiger partial charge in [-0.15, -0.1) is 0 Å². The van der Waals surface area contributed by atoms with E-state index in [4.69, 9.17) is 5.11 Å². The maximum absolute atomic E-state index is 11.8. The standard InChI is InChI=1S/C12H18N4O3/c17-11(18)10-8-15(9-14-10)7-4-13-12(19)16-5-2-1-3-6-16/h8-9H,1-7H2,(H,13,19)(H,17,18). The van der Waals surface area contributed by atoms with Gasteiger partial charge in [0.05, 0.1) is 6.33 Å². The van der Waals surface area contributed by atoms with Gasteiger partial charge in [-0.1, -0.05) is 0 Å². The number of carbonyl (C=O) groups is 2. The van der Waals surface area contributed by atoms with E-state index in [0.717, 1.165) is 25.9 Å². The molecule has 1 aromatic rings. The van der Waals surface area contributed by atoms with Crippen LogP contribution in [0.5, 0.6) is 0 Å². The Labute approximate surface area is 111 Å². The summed E-state index contributed by atoms with van der Waals surface area (Å²) >= 11 is 0. The number of hydrogen-bond acceptors (Lipinski definition) is 3. The molecule has 7 heteroatoms. The summed E-state index contributed by atoms with van der Waals surface area (Å²) in [7, 11) is 0. The van der Waals surface area contributed by atoms with Gasteiger partial charge in [0.1, 0.15) is 0 Å². The molecule has 2 amide bonds. The number of rotatable bonds is 4. The lowest BCUT2D eigenvalue weighted by Gasteiger charge is -2.26. The van der Waals surface area contributed by atoms with Crippen molar-refractivity contribution in [2.24, 2.45) is 0 Å². The van der Waals surface area contributed by atoms with Gasteiger partial charge in [-0.2, -0.15) is 0 Å². The molecule has 19 heavy (non-hydrogen) atoms. The summed E-state index contributed by atoms with van der Waals surface area (Å²) in [6.45, 7) is 2.62. The average molecular weight is 266 g/mol. The number of urea groups is 1. The molecule has 2 rings (SSSR count). The summed E-state index contributed by atoms with van der Waals surface area (Å²) in [6, 6.07) is -0.0433. The maximum atomic E-state index is 11.8. The van der Waals surface area contributed by atoms with Crippen LogP contribution in [-0.2, 0) is 6.54 Å². The summed E-state index contributed by atoms with van der Waals surface area (Å²) in [6.07, 6.45) is 6.23. The highest BCUT2D eigenvalue weighted by Crippen LogP contribution is 2.08. The molecule has 0 saturated carbocycles. The molecule has 2 heterocycles. The number of amides is 2. The van der Waals surface area contributed by atoms with Crippen LogP contribution in [0.15, 0.2) is 12.5 Å². The van der Waals surface area contributed by atoms with Crippen molar-refractivity contribution in [3.8, 4) is 0 Å². The number of carboxylic acids is 1. The van der Waals surface area contributed by atoms with E-state index in [2.05, 4.69) is 10.3 Å². The van der Waals surface area contributed by atoms with E-state index >= 15 is 0 Å². The molecule has 1 aliphatic rings. The van der Waals surface area contributed by atoms with Crippen LogP contribution in [0.2, 0.25) is 0 Å². The Morgan fingerprint density at radius 3 is 2.68 bits per heavy atom. The van der Waals surface area contributed by atoms with Crippen molar-refractivity contribution in [3.05, 3.63) is 18.2 Å². The predicted octanol–water partition coefficient (Wildman–Crippen LogP) is 0.777. The molecular weight excluding hydrogens is 248 g/mol. The molecule has 1 saturated heterocycles. The zero-order valence-corrected chi connectivity index (χ0v) is 10.7. The average Bonchev–Trinajstić information content (AvgIpc) is 2.89. The van der Waals surface area contributed by atoms with Gasteiger partial charge in [0.15, 0.2) is 5.69 Å². The lowest BCUT2D eigenvalue weighted by atomic mass is 10.1. The molecule has 7 nitrogen and oxygen atoms in total. The first-order chi connectivity index (χ1) is 9.16. The van der Waals surface area contributed by atoms with Crippen molar-refractivity contribution < 1.29 is 14.7 Å². The molecule has 0 spiro atoms. The smallest absolute Gasteiger partial charge is 0.356 e. The summed E-state index contributed by atoms with van der Waals surface area (Å²) in [4.78, 5) is 28.0. The minimum absolute atomic E-state index is 0.0161. The molecule has 104 valence electrons. The van der Waals surface area contributed by atoms with Gasteiger partial charge >= 0.3 is 12.0 Å². The second-order valence-electron chi connectivity index (χ2n) is 4.58. The molecular formula is C12H18N4O3. The van der Waals surface area contributed by atoms with E-state index in [9.17, 15) is 9.59 Å². The zero-order chi connectivity index (χ0) is 13.7. The van der Waals surface area contributed by atoms with Crippen LogP contribution in [-0.4, -0.2) is 51.2 Å². The fourth-order valence-electron chi connectivity index (χ4n) is 2.09. The summed E-state index contributed by atoms with van der Waals surface area (Å²) in [5.41, 5.74) is 0.0161. The van der Waals surface area contributed by atoms with Gasteiger partial charge in [0.25, 0.3) is 0 Å². The van der Waals surface area contributed by atoms with Gasteiger partial charge in [0, 0.05) is 32.4 Å². The number of likely N-dealkylation sites (tertiary alicyclic amines) is 1. The molecule has 0 aromatic carbocycles. The molecule has 0 bridgehead atoms. The van der Waals surface area contributed by atoms with Crippen LogP contribution in [0.1, 0.15) is 29.8 Å². The summed E-state index contributed by atoms with van der Waals surface area (Å²) < 4.78 is 1.65. The first-order valence-corrected chi connectivity index (χ1v) is 6.44. The SMILES string of the molecule is O=C(O)c1cn(CCNC(=O)N2CCCCC2)cn1. The molecule has 1 aliphatic heterocycles. The van der Waals surface area contributed by atoms with E-state index in [1.165, 1.54) is 18.9 Å². The number of aromatic nitrogens is 2. The molecule has 0 radical (unpaired) electrons. The molecule has 1 aromatic heterocycles. The maximum Gasteiger partial charge on any atom is 0.356 e. The monoisotopic (exact) mass is 266 g/mol. The van der Waals surface area contributed by atoms with E-state index in [1.807, 2.05) is 4.90 Å². The second-order valence-corrected chi connectivity index (χ2v) is 4.58. The normalized spacial score (nSPS) is 15.3. The van der Waals surface area contributed by atoms with Gasteiger partial charge in [0.2, 0.25) is 0 Å². The fraction of sp³-hybridized carbons (Fsp3) is 0.583. The topological polar surface area (TPSA) is 87.5 Å². The Bertz CT molecular complexity index is 452. The number of hydrogen-bond donors (Lipinski definition) is 2. The highest BCUT2D eigenvalue weighted by Gasteiger charge is 2.15. The number of piperidine rings is 1. The third kappa shape index (κ3) is 3.70. The van der Waals surface area contributed by atoms with Gasteiger partial charge in [-0.05, 0) is 19.3 Å². The van der Waals surface area contributed by atoms with Gasteiger partial charge in [-0.3, -0.25) is 0 Å². The molecule has 2 N–H and O–H groups in total. The second kappa shape index (κ2) is 6.21. The van der Waals surface area contributed by atoms with E-state index in [0.29, 0.717) is 13.1 Å². The van der Waals surface area contributed by atoms with Crippen LogP contribution in [0, 0.1) is 0 Å². The van der Waals surface area contributed by atoms with Gasteiger partial charge in [-0.25, -0.2) is 14.6 Å². The highest BCUT2D eigenvalue weighted by molar-refractivity contribution is 5.84. The van der Waals surface area contributed by atoms with Crippen LogP contribution in [0.4, 0.5) is 4.79 Å². The van der Waals surface area contributed by atoms with E-state index < -0.39 is 5.97 Å². The number of nitrogens with one attached hydrogen (secondary N) is 1. The van der Waals surface area contributed by atoms with E-state index in [-0.39, 0.29) is 11.7 Å². The van der Waals surface area contributed by atoms with Crippen molar-refractivity contribution in [3.63, 3.8) is 0 Å². The van der Waals surface area contributed by atoms with Crippen molar-refractivity contribution in [2.45, 2.75) is 25.8 Å². The van der Waals surface area contributed by atoms with Crippen LogP contribution >= 0.6 is 0 Å².